The van der Waals surface area contributed by atoms with E-state index in [0.717, 1.165) is 37.3 Å². The first kappa shape index (κ1) is 21.8. The zero-order chi connectivity index (χ0) is 22.6. The number of halogens is 1. The highest BCUT2D eigenvalue weighted by Crippen LogP contribution is 2.29. The highest BCUT2D eigenvalue weighted by atomic mass is 19.1. The lowest BCUT2D eigenvalue weighted by Crippen LogP contribution is -2.47. The Morgan fingerprint density at radius 2 is 2.03 bits per heavy atom. The average Bonchev–Trinajstić information content (AvgIpc) is 2.87. The van der Waals surface area contributed by atoms with Gasteiger partial charge in [-0.25, -0.2) is 9.37 Å². The standard InChI is InChI=1S/C24H28FN5O3/c1-31-23-7-6-20-24(30-23)18(19(25)13-29-20)5-4-15-2-3-16(11-26-15)27-12-17-10-21-22(14-28-17)33-9-8-32-21/h6-7,10,13-16,26-27H,2-5,8-9,11-12H2,1H3. The van der Waals surface area contributed by atoms with Crippen molar-refractivity contribution < 1.29 is 18.6 Å². The number of nitrogens with one attached hydrogen (secondary N) is 2. The van der Waals surface area contributed by atoms with Crippen molar-refractivity contribution in [3.63, 3.8) is 0 Å². The molecule has 0 bridgehead atoms. The van der Waals surface area contributed by atoms with Crippen LogP contribution in [0.5, 0.6) is 17.4 Å². The van der Waals surface area contributed by atoms with Crippen LogP contribution < -0.4 is 24.8 Å². The summed E-state index contributed by atoms with van der Waals surface area (Å²) in [5.41, 5.74) is 2.80. The number of methoxy groups -OCH3 is 1. The summed E-state index contributed by atoms with van der Waals surface area (Å²) >= 11 is 0. The fourth-order valence-corrected chi connectivity index (χ4v) is 4.42. The number of rotatable bonds is 7. The number of aromatic nitrogens is 3. The van der Waals surface area contributed by atoms with Crippen molar-refractivity contribution in [1.29, 1.82) is 0 Å². The van der Waals surface area contributed by atoms with E-state index in [1.807, 2.05) is 12.1 Å². The van der Waals surface area contributed by atoms with Gasteiger partial charge < -0.3 is 24.8 Å². The number of fused-ring (bicyclic) bond motifs is 2. The summed E-state index contributed by atoms with van der Waals surface area (Å²) in [6.45, 7) is 2.67. The van der Waals surface area contributed by atoms with E-state index in [1.165, 1.54) is 6.20 Å². The van der Waals surface area contributed by atoms with Gasteiger partial charge in [-0.15, -0.1) is 0 Å². The third-order valence-corrected chi connectivity index (χ3v) is 6.27. The predicted molar refractivity (Wildman–Crippen MR) is 121 cm³/mol. The van der Waals surface area contributed by atoms with E-state index in [-0.39, 0.29) is 5.82 Å². The highest BCUT2D eigenvalue weighted by molar-refractivity contribution is 5.78. The van der Waals surface area contributed by atoms with Crippen LogP contribution in [-0.2, 0) is 13.0 Å². The summed E-state index contributed by atoms with van der Waals surface area (Å²) in [6.07, 6.45) is 6.52. The number of aryl methyl sites for hydroxylation is 1. The summed E-state index contributed by atoms with van der Waals surface area (Å²) in [6, 6.07) is 6.20. The van der Waals surface area contributed by atoms with Crippen LogP contribution in [0, 0.1) is 5.82 Å². The molecule has 0 amide bonds. The number of ether oxygens (including phenoxy) is 3. The second kappa shape index (κ2) is 9.84. The summed E-state index contributed by atoms with van der Waals surface area (Å²) < 4.78 is 30.9. The lowest BCUT2D eigenvalue weighted by atomic mass is 9.95. The molecule has 3 aromatic rings. The van der Waals surface area contributed by atoms with Crippen molar-refractivity contribution in [3.8, 4) is 17.4 Å². The van der Waals surface area contributed by atoms with Gasteiger partial charge >= 0.3 is 0 Å². The molecule has 8 nitrogen and oxygen atoms in total. The van der Waals surface area contributed by atoms with Crippen molar-refractivity contribution in [2.75, 3.05) is 26.9 Å². The van der Waals surface area contributed by atoms with Gasteiger partial charge in [-0.2, -0.15) is 0 Å². The van der Waals surface area contributed by atoms with Crippen molar-refractivity contribution in [2.45, 2.75) is 44.3 Å². The normalized spacial score (nSPS) is 20.1. The Labute approximate surface area is 191 Å². The summed E-state index contributed by atoms with van der Waals surface area (Å²) in [7, 11) is 1.56. The first-order chi connectivity index (χ1) is 16.2. The Kier molecular flexibility index (Phi) is 6.50. The molecule has 2 aliphatic heterocycles. The molecule has 33 heavy (non-hydrogen) atoms. The van der Waals surface area contributed by atoms with Crippen LogP contribution in [0.25, 0.3) is 11.0 Å². The van der Waals surface area contributed by atoms with Crippen LogP contribution in [-0.4, -0.2) is 53.9 Å². The second-order valence-electron chi connectivity index (χ2n) is 8.42. The zero-order valence-electron chi connectivity index (χ0n) is 18.6. The third-order valence-electron chi connectivity index (χ3n) is 6.27. The van der Waals surface area contributed by atoms with Gasteiger partial charge in [-0.05, 0) is 31.7 Å². The van der Waals surface area contributed by atoms with Gasteiger partial charge in [0.05, 0.1) is 36.2 Å². The van der Waals surface area contributed by atoms with Crippen LogP contribution in [0.3, 0.4) is 0 Å². The highest BCUT2D eigenvalue weighted by Gasteiger charge is 2.22. The van der Waals surface area contributed by atoms with Crippen molar-refractivity contribution in [1.82, 2.24) is 25.6 Å². The molecule has 1 fully saturated rings. The summed E-state index contributed by atoms with van der Waals surface area (Å²) in [5, 5.41) is 7.18. The smallest absolute Gasteiger partial charge is 0.213 e. The largest absolute Gasteiger partial charge is 0.486 e. The molecule has 0 aliphatic carbocycles. The molecule has 0 saturated carbocycles. The van der Waals surface area contributed by atoms with Crippen LogP contribution in [0.1, 0.15) is 30.5 Å². The van der Waals surface area contributed by atoms with Gasteiger partial charge in [-0.3, -0.25) is 9.97 Å². The fourth-order valence-electron chi connectivity index (χ4n) is 4.42. The molecule has 9 heteroatoms. The molecule has 2 N–H and O–H groups in total. The van der Waals surface area contributed by atoms with E-state index in [0.29, 0.717) is 66.5 Å². The quantitative estimate of drug-likeness (QED) is 0.565. The second-order valence-corrected chi connectivity index (χ2v) is 8.42. The van der Waals surface area contributed by atoms with E-state index in [1.54, 1.807) is 19.4 Å². The summed E-state index contributed by atoms with van der Waals surface area (Å²) in [4.78, 5) is 13.0. The minimum atomic E-state index is -0.314. The van der Waals surface area contributed by atoms with Gasteiger partial charge in [0.1, 0.15) is 19.0 Å². The van der Waals surface area contributed by atoms with Crippen molar-refractivity contribution in [3.05, 3.63) is 47.7 Å². The number of nitrogens with zero attached hydrogens (tertiary/aromatic N) is 3. The SMILES string of the molecule is COc1ccc2ncc(F)c(CCC3CCC(NCc4cc5c(cn4)OCCO5)CN3)c2n1. The maximum absolute atomic E-state index is 14.5. The Bertz CT molecular complexity index is 1120. The topological polar surface area (TPSA) is 90.4 Å². The van der Waals surface area contributed by atoms with Crippen molar-refractivity contribution in [2.24, 2.45) is 0 Å². The Hall–Kier alpha value is -3.04. The van der Waals surface area contributed by atoms with Crippen LogP contribution >= 0.6 is 0 Å². The zero-order valence-corrected chi connectivity index (χ0v) is 18.6. The van der Waals surface area contributed by atoms with Gasteiger partial charge in [0.15, 0.2) is 11.5 Å². The molecule has 2 atom stereocenters. The molecule has 0 spiro atoms. The van der Waals surface area contributed by atoms with Gasteiger partial charge in [0.25, 0.3) is 0 Å². The van der Waals surface area contributed by atoms with E-state index in [2.05, 4.69) is 25.6 Å². The first-order valence-electron chi connectivity index (χ1n) is 11.4. The van der Waals surface area contributed by atoms with Crippen molar-refractivity contribution >= 4 is 11.0 Å². The lowest BCUT2D eigenvalue weighted by Gasteiger charge is -2.30. The van der Waals surface area contributed by atoms with E-state index in [9.17, 15) is 4.39 Å². The Balaban J connectivity index is 1.13. The monoisotopic (exact) mass is 453 g/mol. The van der Waals surface area contributed by atoms with Gasteiger partial charge in [0, 0.05) is 42.9 Å². The minimum Gasteiger partial charge on any atom is -0.486 e. The molecule has 2 aliphatic rings. The number of hydrogen-bond acceptors (Lipinski definition) is 8. The third kappa shape index (κ3) is 4.99. The van der Waals surface area contributed by atoms with Gasteiger partial charge in [-0.1, -0.05) is 0 Å². The van der Waals surface area contributed by atoms with Gasteiger partial charge in [0.2, 0.25) is 5.88 Å². The maximum Gasteiger partial charge on any atom is 0.213 e. The average molecular weight is 454 g/mol. The molecule has 174 valence electrons. The molecule has 3 aromatic heterocycles. The summed E-state index contributed by atoms with van der Waals surface area (Å²) in [5.74, 6) is 1.62. The number of piperidine rings is 1. The lowest BCUT2D eigenvalue weighted by molar-refractivity contribution is 0.170. The Morgan fingerprint density at radius 3 is 2.85 bits per heavy atom. The van der Waals surface area contributed by atoms with Crippen LogP contribution in [0.4, 0.5) is 4.39 Å². The molecule has 0 radical (unpaired) electrons. The Morgan fingerprint density at radius 1 is 1.15 bits per heavy atom. The molecule has 1 saturated heterocycles. The molecule has 5 heterocycles. The number of hydrogen-bond donors (Lipinski definition) is 2. The van der Waals surface area contributed by atoms with Crippen LogP contribution in [0.2, 0.25) is 0 Å². The van der Waals surface area contributed by atoms with E-state index in [4.69, 9.17) is 14.2 Å². The predicted octanol–water partition coefficient (Wildman–Crippen LogP) is 2.79. The van der Waals surface area contributed by atoms with Crippen LogP contribution in [0.15, 0.2) is 30.6 Å². The minimum absolute atomic E-state index is 0.314. The fraction of sp³-hybridized carbons (Fsp3) is 0.458. The number of pyridine rings is 3. The molecular weight excluding hydrogens is 425 g/mol. The molecule has 0 aromatic carbocycles. The maximum atomic E-state index is 14.5. The molecule has 2 unspecified atom stereocenters. The van der Waals surface area contributed by atoms with E-state index < -0.39 is 0 Å². The van der Waals surface area contributed by atoms with E-state index >= 15 is 0 Å². The first-order valence-corrected chi connectivity index (χ1v) is 11.4. The molecular formula is C24H28FN5O3. The molecule has 5 rings (SSSR count).